The molecule has 5 nitrogen and oxygen atoms in total. The predicted molar refractivity (Wildman–Crippen MR) is 126 cm³/mol. The van der Waals surface area contributed by atoms with Crippen molar-refractivity contribution < 1.29 is 19.1 Å². The first-order valence-corrected chi connectivity index (χ1v) is 11.8. The second-order valence-electron chi connectivity index (χ2n) is 8.78. The Labute approximate surface area is 194 Å². The largest absolute Gasteiger partial charge is 0.487 e. The molecule has 32 heavy (non-hydrogen) atoms. The van der Waals surface area contributed by atoms with E-state index in [9.17, 15) is 9.59 Å². The van der Waals surface area contributed by atoms with E-state index in [1.165, 1.54) is 12.7 Å². The lowest BCUT2D eigenvalue weighted by Gasteiger charge is -2.40. The van der Waals surface area contributed by atoms with Crippen molar-refractivity contribution in [2.45, 2.75) is 45.1 Å². The molecule has 1 saturated carbocycles. The molecule has 1 heterocycles. The van der Waals surface area contributed by atoms with Gasteiger partial charge in [-0.3, -0.25) is 0 Å². The van der Waals surface area contributed by atoms with Crippen LogP contribution in [0.3, 0.4) is 0 Å². The minimum absolute atomic E-state index is 0.357. The summed E-state index contributed by atoms with van der Waals surface area (Å²) in [5, 5.41) is 0.745. The first-order chi connectivity index (χ1) is 15.6. The molecule has 2 aromatic carbocycles. The van der Waals surface area contributed by atoms with Crippen molar-refractivity contribution in [2.75, 3.05) is 25.1 Å². The fraction of sp³-hybridized carbons (Fsp3) is 0.462. The van der Waals surface area contributed by atoms with E-state index in [2.05, 4.69) is 4.90 Å². The van der Waals surface area contributed by atoms with Crippen molar-refractivity contribution in [3.05, 3.63) is 58.1 Å². The third-order valence-electron chi connectivity index (χ3n) is 6.83. The van der Waals surface area contributed by atoms with Crippen LogP contribution in [-0.4, -0.2) is 32.5 Å². The molecular weight excluding hydrogens is 426 g/mol. The molecule has 4 rings (SSSR count). The Morgan fingerprint density at radius 2 is 2.00 bits per heavy atom. The van der Waals surface area contributed by atoms with Gasteiger partial charge in [-0.25, -0.2) is 4.79 Å². The average molecular weight is 456 g/mol. The van der Waals surface area contributed by atoms with E-state index in [1.807, 2.05) is 30.3 Å². The Kier molecular flexibility index (Phi) is 7.36. The van der Waals surface area contributed by atoms with Crippen LogP contribution >= 0.6 is 11.6 Å². The monoisotopic (exact) mass is 455 g/mol. The van der Waals surface area contributed by atoms with Crippen LogP contribution in [0.4, 0.5) is 5.69 Å². The molecule has 2 atom stereocenters. The summed E-state index contributed by atoms with van der Waals surface area (Å²) < 4.78 is 11.3. The van der Waals surface area contributed by atoms with E-state index in [1.54, 1.807) is 6.07 Å². The predicted octanol–water partition coefficient (Wildman–Crippen LogP) is 5.46. The second kappa shape index (κ2) is 10.4. The molecule has 1 aliphatic carbocycles. The number of ether oxygens (including phenoxy) is 2. The smallest absolute Gasteiger partial charge is 0.337 e. The highest BCUT2D eigenvalue weighted by Crippen LogP contribution is 2.40. The van der Waals surface area contributed by atoms with E-state index in [0.717, 1.165) is 73.5 Å². The van der Waals surface area contributed by atoms with Gasteiger partial charge in [-0.15, -0.1) is 0 Å². The van der Waals surface area contributed by atoms with Gasteiger partial charge >= 0.3 is 5.97 Å². The number of hydrogen-bond donors (Lipinski definition) is 0. The molecule has 1 aliphatic heterocycles. The van der Waals surface area contributed by atoms with Crippen molar-refractivity contribution in [2.24, 2.45) is 11.8 Å². The Bertz CT molecular complexity index is 976. The fourth-order valence-electron chi connectivity index (χ4n) is 4.78. The van der Waals surface area contributed by atoms with Gasteiger partial charge in [-0.1, -0.05) is 17.7 Å². The van der Waals surface area contributed by atoms with Crippen molar-refractivity contribution in [3.63, 3.8) is 0 Å². The average Bonchev–Trinajstić information content (AvgIpc) is 2.82. The number of halogens is 1. The highest BCUT2D eigenvalue weighted by molar-refractivity contribution is 6.30. The van der Waals surface area contributed by atoms with Gasteiger partial charge in [-0.05, 0) is 85.4 Å². The van der Waals surface area contributed by atoms with Crippen LogP contribution in [0, 0.1) is 11.8 Å². The van der Waals surface area contributed by atoms with Crippen LogP contribution < -0.4 is 9.64 Å². The maximum atomic E-state index is 12.2. The number of anilines is 1. The molecule has 170 valence electrons. The summed E-state index contributed by atoms with van der Waals surface area (Å²) in [6.45, 7) is 2.17. The summed E-state index contributed by atoms with van der Waals surface area (Å²) >= 11 is 6.24. The minimum Gasteiger partial charge on any atom is -0.487 e. The topological polar surface area (TPSA) is 55.8 Å². The van der Waals surface area contributed by atoms with Gasteiger partial charge in [-0.2, -0.15) is 0 Å². The summed E-state index contributed by atoms with van der Waals surface area (Å²) in [7, 11) is 1.40. The van der Waals surface area contributed by atoms with Crippen molar-refractivity contribution in [3.8, 4) is 5.75 Å². The summed E-state index contributed by atoms with van der Waals surface area (Å²) in [6, 6.07) is 11.5. The quantitative estimate of drug-likeness (QED) is 0.442. The number of carbonyl (C=O) groups excluding carboxylic acids is 2. The van der Waals surface area contributed by atoms with E-state index in [0.29, 0.717) is 30.4 Å². The molecule has 1 fully saturated rings. The lowest BCUT2D eigenvalue weighted by atomic mass is 9.72. The SMILES string of the molecule is COC(=O)c1ccc2c(c1)N(C[C@@H]1CC[C@H]1CC=O)CCCCc1cc(Cl)ccc1CO2. The third kappa shape index (κ3) is 5.09. The van der Waals surface area contributed by atoms with Crippen molar-refractivity contribution >= 4 is 29.5 Å². The molecule has 0 saturated heterocycles. The Balaban J connectivity index is 1.66. The summed E-state index contributed by atoms with van der Waals surface area (Å²) in [4.78, 5) is 25.6. The molecule has 0 spiro atoms. The number of carbonyl (C=O) groups is 2. The molecule has 0 unspecified atom stereocenters. The highest BCUT2D eigenvalue weighted by atomic mass is 35.5. The molecule has 2 aliphatic rings. The van der Waals surface area contributed by atoms with Crippen molar-refractivity contribution in [1.82, 2.24) is 0 Å². The number of aryl methyl sites for hydroxylation is 1. The number of methoxy groups -OCH3 is 1. The normalized spacial score (nSPS) is 20.6. The Morgan fingerprint density at radius 3 is 2.75 bits per heavy atom. The molecule has 0 N–H and O–H groups in total. The second-order valence-corrected chi connectivity index (χ2v) is 9.22. The zero-order chi connectivity index (χ0) is 22.5. The zero-order valence-corrected chi connectivity index (χ0v) is 19.3. The van der Waals surface area contributed by atoms with Crippen LogP contribution in [0.1, 0.15) is 53.6 Å². The van der Waals surface area contributed by atoms with Gasteiger partial charge in [0, 0.05) is 24.5 Å². The zero-order valence-electron chi connectivity index (χ0n) is 18.5. The molecule has 0 amide bonds. The fourth-order valence-corrected chi connectivity index (χ4v) is 4.97. The third-order valence-corrected chi connectivity index (χ3v) is 7.06. The van der Waals surface area contributed by atoms with Crippen LogP contribution in [0.25, 0.3) is 0 Å². The number of rotatable bonds is 5. The number of benzene rings is 2. The summed E-state index contributed by atoms with van der Waals surface area (Å²) in [5.74, 6) is 1.33. The van der Waals surface area contributed by atoms with Crippen LogP contribution in [0.2, 0.25) is 5.02 Å². The van der Waals surface area contributed by atoms with E-state index < -0.39 is 0 Å². The van der Waals surface area contributed by atoms with Crippen LogP contribution in [0.15, 0.2) is 36.4 Å². The highest BCUT2D eigenvalue weighted by Gasteiger charge is 2.32. The first kappa shape index (κ1) is 22.7. The number of aldehydes is 1. The number of esters is 1. The number of hydrogen-bond acceptors (Lipinski definition) is 5. The summed E-state index contributed by atoms with van der Waals surface area (Å²) in [5.41, 5.74) is 3.79. The van der Waals surface area contributed by atoms with Gasteiger partial charge in [0.05, 0.1) is 18.4 Å². The Hall–Kier alpha value is -2.53. The van der Waals surface area contributed by atoms with Gasteiger partial charge < -0.3 is 19.2 Å². The molecule has 2 aromatic rings. The van der Waals surface area contributed by atoms with E-state index >= 15 is 0 Å². The van der Waals surface area contributed by atoms with Gasteiger partial charge in [0.15, 0.2) is 0 Å². The molecule has 0 aromatic heterocycles. The number of fused-ring (bicyclic) bond motifs is 2. The van der Waals surface area contributed by atoms with E-state index in [-0.39, 0.29) is 5.97 Å². The lowest BCUT2D eigenvalue weighted by molar-refractivity contribution is -0.109. The molecule has 0 bridgehead atoms. The van der Waals surface area contributed by atoms with Gasteiger partial charge in [0.2, 0.25) is 0 Å². The minimum atomic E-state index is -0.357. The maximum absolute atomic E-state index is 12.2. The lowest BCUT2D eigenvalue weighted by Crippen LogP contribution is -2.39. The first-order valence-electron chi connectivity index (χ1n) is 11.4. The standard InChI is InChI=1S/C26H30ClNO4/c1-31-26(30)20-8-10-25-24(15-20)28(16-21-6-5-18(21)11-13-29)12-3-2-4-19-14-23(27)9-7-22(19)17-32-25/h7-10,13-15,18,21H,2-6,11-12,16-17H2,1H3/t18-,21-/m0/s1. The molecular formula is C26H30ClNO4. The number of nitrogens with zero attached hydrogens (tertiary/aromatic N) is 1. The van der Waals surface area contributed by atoms with Crippen molar-refractivity contribution in [1.29, 1.82) is 0 Å². The Morgan fingerprint density at radius 1 is 1.16 bits per heavy atom. The van der Waals surface area contributed by atoms with E-state index in [4.69, 9.17) is 21.1 Å². The maximum Gasteiger partial charge on any atom is 0.337 e. The molecule has 6 heteroatoms. The van der Waals surface area contributed by atoms with Gasteiger partial charge in [0.25, 0.3) is 0 Å². The van der Waals surface area contributed by atoms with Crippen LogP contribution in [0.5, 0.6) is 5.75 Å². The van der Waals surface area contributed by atoms with Gasteiger partial charge in [0.1, 0.15) is 18.6 Å². The summed E-state index contributed by atoms with van der Waals surface area (Å²) in [6.07, 6.45) is 6.91. The molecule has 0 radical (unpaired) electrons. The van der Waals surface area contributed by atoms with Crippen LogP contribution in [-0.2, 0) is 22.6 Å².